The Morgan fingerprint density at radius 3 is 2.06 bits per heavy atom. The molecule has 0 bridgehead atoms. The number of hydrogen-bond donors (Lipinski definition) is 1. The summed E-state index contributed by atoms with van der Waals surface area (Å²) in [5.74, 6) is 0.610. The molecule has 0 aliphatic heterocycles. The van der Waals surface area contributed by atoms with Crippen LogP contribution in [0.15, 0.2) is 24.3 Å². The fourth-order valence-electron chi connectivity index (χ4n) is 1.75. The molecule has 1 aromatic carbocycles. The first-order valence-corrected chi connectivity index (χ1v) is 7.42. The van der Waals surface area contributed by atoms with Crippen LogP contribution < -0.4 is 4.72 Å². The number of hydrogen-bond acceptors (Lipinski definition) is 2. The van der Waals surface area contributed by atoms with Gasteiger partial charge in [-0.15, -0.1) is 0 Å². The summed E-state index contributed by atoms with van der Waals surface area (Å²) in [7, 11) is -1.79. The Bertz CT molecular complexity index is 449. The van der Waals surface area contributed by atoms with E-state index in [1.165, 1.54) is 12.6 Å². The second-order valence-corrected chi connectivity index (χ2v) is 6.94. The molecule has 1 atom stereocenters. The van der Waals surface area contributed by atoms with E-state index in [0.29, 0.717) is 5.92 Å². The van der Waals surface area contributed by atoms with Crippen LogP contribution >= 0.6 is 0 Å². The van der Waals surface area contributed by atoms with Crippen LogP contribution in [0.1, 0.15) is 37.1 Å². The van der Waals surface area contributed by atoms with Crippen LogP contribution in [0.25, 0.3) is 0 Å². The molecule has 0 amide bonds. The third-order valence-electron chi connectivity index (χ3n) is 2.84. The fourth-order valence-corrected chi connectivity index (χ4v) is 2.62. The van der Waals surface area contributed by atoms with Crippen LogP contribution in [0.3, 0.4) is 0 Å². The Balaban J connectivity index is 2.88. The van der Waals surface area contributed by atoms with E-state index in [9.17, 15) is 8.42 Å². The normalized spacial score (nSPS) is 13.9. The van der Waals surface area contributed by atoms with Crippen LogP contribution in [0.4, 0.5) is 0 Å². The summed E-state index contributed by atoms with van der Waals surface area (Å²) >= 11 is 0. The van der Waals surface area contributed by atoms with E-state index in [4.69, 9.17) is 0 Å². The first kappa shape index (κ1) is 14.2. The minimum Gasteiger partial charge on any atom is -0.218 e. The second kappa shape index (κ2) is 5.65. The standard InChI is InChI=1S/C13H21NO2S/c1-10(2)9-12-5-7-13(8-6-12)11(3)17(15,16)14-4/h5-8,10-11,14H,9H2,1-4H3. The van der Waals surface area contributed by atoms with Crippen LogP contribution in [-0.2, 0) is 16.4 Å². The van der Waals surface area contributed by atoms with Gasteiger partial charge < -0.3 is 0 Å². The molecule has 0 aromatic heterocycles. The molecule has 1 aromatic rings. The van der Waals surface area contributed by atoms with Gasteiger partial charge in [-0.05, 0) is 37.4 Å². The molecule has 96 valence electrons. The average Bonchev–Trinajstić information content (AvgIpc) is 2.28. The Kier molecular flexibility index (Phi) is 4.71. The van der Waals surface area contributed by atoms with Gasteiger partial charge >= 0.3 is 0 Å². The molecule has 4 heteroatoms. The summed E-state index contributed by atoms with van der Waals surface area (Å²) in [4.78, 5) is 0. The highest BCUT2D eigenvalue weighted by molar-refractivity contribution is 7.89. The first-order chi connectivity index (χ1) is 7.86. The van der Waals surface area contributed by atoms with Gasteiger partial charge in [-0.2, -0.15) is 0 Å². The van der Waals surface area contributed by atoms with Gasteiger partial charge in [0.25, 0.3) is 0 Å². The Labute approximate surface area is 104 Å². The summed E-state index contributed by atoms with van der Waals surface area (Å²) in [5.41, 5.74) is 2.07. The maximum atomic E-state index is 11.7. The first-order valence-electron chi connectivity index (χ1n) is 5.88. The van der Waals surface area contributed by atoms with E-state index < -0.39 is 15.3 Å². The highest BCUT2D eigenvalue weighted by Gasteiger charge is 2.20. The molecule has 0 aliphatic carbocycles. The highest BCUT2D eigenvalue weighted by atomic mass is 32.2. The summed E-state index contributed by atoms with van der Waals surface area (Å²) in [6.07, 6.45) is 1.02. The Morgan fingerprint density at radius 1 is 1.12 bits per heavy atom. The minimum atomic E-state index is -3.24. The molecule has 17 heavy (non-hydrogen) atoms. The fraction of sp³-hybridized carbons (Fsp3) is 0.538. The van der Waals surface area contributed by atoms with Crippen molar-refractivity contribution in [2.75, 3.05) is 7.05 Å². The summed E-state index contributed by atoms with van der Waals surface area (Å²) in [5, 5.41) is -0.513. The minimum absolute atomic E-state index is 0.513. The summed E-state index contributed by atoms with van der Waals surface area (Å²) in [6, 6.07) is 7.82. The SMILES string of the molecule is CNS(=O)(=O)C(C)c1ccc(CC(C)C)cc1. The molecular weight excluding hydrogens is 234 g/mol. The van der Waals surface area contributed by atoms with Gasteiger partial charge in [-0.1, -0.05) is 38.1 Å². The summed E-state index contributed by atoms with van der Waals surface area (Å²) < 4.78 is 25.7. The predicted molar refractivity (Wildman–Crippen MR) is 71.4 cm³/mol. The van der Waals surface area contributed by atoms with Crippen LogP contribution in [0.2, 0.25) is 0 Å². The molecule has 1 rings (SSSR count). The van der Waals surface area contributed by atoms with Crippen molar-refractivity contribution in [1.82, 2.24) is 4.72 Å². The van der Waals surface area contributed by atoms with E-state index in [2.05, 4.69) is 18.6 Å². The van der Waals surface area contributed by atoms with E-state index in [-0.39, 0.29) is 0 Å². The van der Waals surface area contributed by atoms with Crippen LogP contribution in [0.5, 0.6) is 0 Å². The lowest BCUT2D eigenvalue weighted by molar-refractivity contribution is 0.578. The molecule has 0 heterocycles. The lowest BCUT2D eigenvalue weighted by atomic mass is 10.0. The largest absolute Gasteiger partial charge is 0.218 e. The molecule has 0 fully saturated rings. The third-order valence-corrected chi connectivity index (χ3v) is 4.62. The molecular formula is C13H21NO2S. The summed E-state index contributed by atoms with van der Waals surface area (Å²) in [6.45, 7) is 6.04. The topological polar surface area (TPSA) is 46.2 Å². The molecule has 0 saturated heterocycles. The zero-order valence-corrected chi connectivity index (χ0v) is 11.7. The van der Waals surface area contributed by atoms with Crippen molar-refractivity contribution in [3.05, 3.63) is 35.4 Å². The van der Waals surface area contributed by atoms with Gasteiger partial charge in [0.1, 0.15) is 0 Å². The lowest BCUT2D eigenvalue weighted by Gasteiger charge is -2.13. The van der Waals surface area contributed by atoms with E-state index in [0.717, 1.165) is 12.0 Å². The molecule has 0 aliphatic rings. The van der Waals surface area contributed by atoms with Crippen LogP contribution in [-0.4, -0.2) is 15.5 Å². The van der Waals surface area contributed by atoms with Crippen molar-refractivity contribution in [1.29, 1.82) is 0 Å². The van der Waals surface area contributed by atoms with Crippen molar-refractivity contribution in [3.8, 4) is 0 Å². The Hall–Kier alpha value is -0.870. The molecule has 0 saturated carbocycles. The molecule has 1 unspecified atom stereocenters. The number of benzene rings is 1. The zero-order chi connectivity index (χ0) is 13.1. The number of nitrogens with one attached hydrogen (secondary N) is 1. The van der Waals surface area contributed by atoms with Crippen molar-refractivity contribution in [3.63, 3.8) is 0 Å². The van der Waals surface area contributed by atoms with E-state index in [1.807, 2.05) is 24.3 Å². The van der Waals surface area contributed by atoms with Gasteiger partial charge in [-0.3, -0.25) is 0 Å². The van der Waals surface area contributed by atoms with Gasteiger partial charge in [0, 0.05) is 0 Å². The zero-order valence-electron chi connectivity index (χ0n) is 10.9. The van der Waals surface area contributed by atoms with Gasteiger partial charge in [-0.25, -0.2) is 13.1 Å². The Morgan fingerprint density at radius 2 is 1.65 bits per heavy atom. The second-order valence-electron chi connectivity index (χ2n) is 4.73. The van der Waals surface area contributed by atoms with Crippen LogP contribution in [0, 0.1) is 5.92 Å². The number of sulfonamides is 1. The maximum absolute atomic E-state index is 11.7. The molecule has 3 nitrogen and oxygen atoms in total. The van der Waals surface area contributed by atoms with E-state index >= 15 is 0 Å². The molecule has 1 N–H and O–H groups in total. The van der Waals surface area contributed by atoms with E-state index in [1.54, 1.807) is 6.92 Å². The van der Waals surface area contributed by atoms with Crippen molar-refractivity contribution < 1.29 is 8.42 Å². The van der Waals surface area contributed by atoms with Crippen molar-refractivity contribution in [2.45, 2.75) is 32.4 Å². The average molecular weight is 255 g/mol. The lowest BCUT2D eigenvalue weighted by Crippen LogP contribution is -2.24. The molecule has 0 radical (unpaired) electrons. The van der Waals surface area contributed by atoms with Crippen molar-refractivity contribution in [2.24, 2.45) is 5.92 Å². The maximum Gasteiger partial charge on any atom is 0.218 e. The predicted octanol–water partition coefficient (Wildman–Crippen LogP) is 2.50. The monoisotopic (exact) mass is 255 g/mol. The number of rotatable bonds is 5. The molecule has 0 spiro atoms. The smallest absolute Gasteiger partial charge is 0.218 e. The quantitative estimate of drug-likeness (QED) is 0.878. The van der Waals surface area contributed by atoms with Gasteiger partial charge in [0.15, 0.2) is 0 Å². The van der Waals surface area contributed by atoms with Gasteiger partial charge in [0.2, 0.25) is 10.0 Å². The third kappa shape index (κ3) is 3.82. The highest BCUT2D eigenvalue weighted by Crippen LogP contribution is 2.21. The van der Waals surface area contributed by atoms with Crippen molar-refractivity contribution >= 4 is 10.0 Å². The van der Waals surface area contributed by atoms with Gasteiger partial charge in [0.05, 0.1) is 5.25 Å².